The summed E-state index contributed by atoms with van der Waals surface area (Å²) >= 11 is 0. The van der Waals surface area contributed by atoms with Crippen molar-refractivity contribution in [2.75, 3.05) is 0 Å². The molecule has 0 bridgehead atoms. The maximum absolute atomic E-state index is 12.5. The second-order valence-electron chi connectivity index (χ2n) is 6.85. The lowest BCUT2D eigenvalue weighted by Gasteiger charge is -2.35. The van der Waals surface area contributed by atoms with E-state index < -0.39 is 5.92 Å². The van der Waals surface area contributed by atoms with Crippen molar-refractivity contribution in [3.8, 4) is 0 Å². The number of hydrogen-bond acceptors (Lipinski definition) is 3. The smallest absolute Gasteiger partial charge is 0.144 e. The Morgan fingerprint density at radius 1 is 1.14 bits per heavy atom. The van der Waals surface area contributed by atoms with Crippen LogP contribution in [0.15, 0.2) is 30.3 Å². The average Bonchev–Trinajstić information content (AvgIpc) is 2.36. The Labute approximate surface area is 125 Å². The molecule has 1 aromatic rings. The van der Waals surface area contributed by atoms with Gasteiger partial charge in [-0.05, 0) is 17.9 Å². The van der Waals surface area contributed by atoms with E-state index >= 15 is 0 Å². The zero-order valence-electron chi connectivity index (χ0n) is 12.9. The number of hydrogen-bond donors (Lipinski definition) is 0. The minimum absolute atomic E-state index is 0.00860. The van der Waals surface area contributed by atoms with E-state index in [0.29, 0.717) is 12.8 Å². The van der Waals surface area contributed by atoms with E-state index in [4.69, 9.17) is 0 Å². The summed E-state index contributed by atoms with van der Waals surface area (Å²) in [4.78, 5) is 36.6. The Balaban J connectivity index is 2.35. The fourth-order valence-electron chi connectivity index (χ4n) is 3.29. The molecule has 0 radical (unpaired) electrons. The molecule has 0 aliphatic heterocycles. The third-order valence-electron chi connectivity index (χ3n) is 4.14. The summed E-state index contributed by atoms with van der Waals surface area (Å²) < 4.78 is 0. The number of ketones is 3. The molecule has 3 nitrogen and oxygen atoms in total. The summed E-state index contributed by atoms with van der Waals surface area (Å²) in [6.45, 7) is 5.40. The van der Waals surface area contributed by atoms with Crippen LogP contribution in [-0.2, 0) is 14.4 Å². The number of benzene rings is 1. The minimum atomic E-state index is -0.663. The van der Waals surface area contributed by atoms with Gasteiger partial charge in [0.2, 0.25) is 0 Å². The second kappa shape index (κ2) is 5.92. The number of Topliss-reactive ketones (excluding diaryl/α,β-unsaturated/α-hetero) is 3. The fourth-order valence-corrected chi connectivity index (χ4v) is 3.29. The Morgan fingerprint density at radius 3 is 2.14 bits per heavy atom. The van der Waals surface area contributed by atoms with Gasteiger partial charge in [0.1, 0.15) is 17.3 Å². The van der Waals surface area contributed by atoms with E-state index in [0.717, 1.165) is 5.56 Å². The first-order chi connectivity index (χ1) is 9.80. The molecular weight excluding hydrogens is 264 g/mol. The van der Waals surface area contributed by atoms with Crippen LogP contribution in [0.25, 0.3) is 0 Å². The molecule has 3 heteroatoms. The summed E-state index contributed by atoms with van der Waals surface area (Å²) in [5.74, 6) is -1.02. The van der Waals surface area contributed by atoms with Crippen LogP contribution in [0.4, 0.5) is 0 Å². The highest BCUT2D eigenvalue weighted by molar-refractivity contribution is 6.06. The molecule has 1 aliphatic rings. The number of carbonyl (C=O) groups is 3. The van der Waals surface area contributed by atoms with Gasteiger partial charge in [-0.1, -0.05) is 44.2 Å². The zero-order chi connectivity index (χ0) is 15.6. The lowest BCUT2D eigenvalue weighted by molar-refractivity contribution is -0.140. The van der Waals surface area contributed by atoms with Crippen LogP contribution in [0.5, 0.6) is 0 Å². The van der Waals surface area contributed by atoms with Crippen LogP contribution < -0.4 is 0 Å². The third kappa shape index (κ3) is 3.66. The van der Waals surface area contributed by atoms with E-state index in [2.05, 4.69) is 0 Å². The monoisotopic (exact) mass is 286 g/mol. The van der Waals surface area contributed by atoms with Crippen LogP contribution in [0.1, 0.15) is 51.5 Å². The topological polar surface area (TPSA) is 51.2 Å². The summed E-state index contributed by atoms with van der Waals surface area (Å²) in [6.07, 6.45) is 1.06. The first kappa shape index (κ1) is 15.6. The molecule has 1 aromatic carbocycles. The van der Waals surface area contributed by atoms with Crippen molar-refractivity contribution in [2.24, 2.45) is 11.3 Å². The number of rotatable bonds is 4. The van der Waals surface area contributed by atoms with Crippen molar-refractivity contribution in [3.05, 3.63) is 35.9 Å². The predicted octanol–water partition coefficient (Wildman–Crippen LogP) is 3.32. The van der Waals surface area contributed by atoms with Gasteiger partial charge in [0, 0.05) is 25.2 Å². The zero-order valence-corrected chi connectivity index (χ0v) is 12.9. The highest BCUT2D eigenvalue weighted by atomic mass is 16.2. The van der Waals surface area contributed by atoms with Crippen molar-refractivity contribution in [1.29, 1.82) is 0 Å². The van der Waals surface area contributed by atoms with Gasteiger partial charge < -0.3 is 4.79 Å². The maximum Gasteiger partial charge on any atom is 0.144 e. The molecular formula is C18H22O3. The molecule has 1 saturated carbocycles. The van der Waals surface area contributed by atoms with E-state index in [1.54, 1.807) is 0 Å². The Hall–Kier alpha value is -1.77. The van der Waals surface area contributed by atoms with Gasteiger partial charge in [-0.2, -0.15) is 0 Å². The van der Waals surface area contributed by atoms with Crippen molar-refractivity contribution in [3.63, 3.8) is 0 Å². The molecule has 0 spiro atoms. The van der Waals surface area contributed by atoms with Crippen LogP contribution >= 0.6 is 0 Å². The van der Waals surface area contributed by atoms with Crippen molar-refractivity contribution in [2.45, 2.75) is 46.0 Å². The quantitative estimate of drug-likeness (QED) is 0.798. The minimum Gasteiger partial charge on any atom is -0.300 e. The molecule has 0 saturated heterocycles. The van der Waals surface area contributed by atoms with Gasteiger partial charge in [-0.3, -0.25) is 9.59 Å². The Kier molecular flexibility index (Phi) is 4.40. The fraction of sp³-hybridized carbons (Fsp3) is 0.500. The maximum atomic E-state index is 12.5. The molecule has 21 heavy (non-hydrogen) atoms. The SMILES string of the molecule is CC(=O)C[C@H](c1ccccc1)C1C(=O)CC(C)(C)CC1=O. The molecule has 0 N–H and O–H groups in total. The first-order valence-electron chi connectivity index (χ1n) is 7.40. The molecule has 1 aliphatic carbocycles. The molecule has 0 amide bonds. The van der Waals surface area contributed by atoms with Gasteiger partial charge >= 0.3 is 0 Å². The molecule has 2 rings (SSSR count). The van der Waals surface area contributed by atoms with Crippen LogP contribution in [-0.4, -0.2) is 17.3 Å². The van der Waals surface area contributed by atoms with Crippen molar-refractivity contribution >= 4 is 17.3 Å². The van der Waals surface area contributed by atoms with Crippen LogP contribution in [0.3, 0.4) is 0 Å². The first-order valence-corrected chi connectivity index (χ1v) is 7.40. The van der Waals surface area contributed by atoms with Crippen LogP contribution in [0.2, 0.25) is 0 Å². The summed E-state index contributed by atoms with van der Waals surface area (Å²) in [5.41, 5.74) is 0.640. The largest absolute Gasteiger partial charge is 0.300 e. The number of carbonyl (C=O) groups excluding carboxylic acids is 3. The third-order valence-corrected chi connectivity index (χ3v) is 4.14. The standard InChI is InChI=1S/C18H22O3/c1-12(19)9-14(13-7-5-4-6-8-13)17-15(20)10-18(2,3)11-16(17)21/h4-8,14,17H,9-11H2,1-3H3/t14-/m1/s1. The molecule has 1 atom stereocenters. The van der Waals surface area contributed by atoms with Gasteiger partial charge in [0.25, 0.3) is 0 Å². The van der Waals surface area contributed by atoms with E-state index in [1.165, 1.54) is 6.92 Å². The summed E-state index contributed by atoms with van der Waals surface area (Å²) in [6, 6.07) is 9.44. The van der Waals surface area contributed by atoms with Gasteiger partial charge in [-0.15, -0.1) is 0 Å². The van der Waals surface area contributed by atoms with Crippen LogP contribution in [0, 0.1) is 11.3 Å². The van der Waals surface area contributed by atoms with Crippen molar-refractivity contribution < 1.29 is 14.4 Å². The van der Waals surface area contributed by atoms with Gasteiger partial charge in [-0.25, -0.2) is 0 Å². The van der Waals surface area contributed by atoms with Gasteiger partial charge in [0.05, 0.1) is 5.92 Å². The summed E-state index contributed by atoms with van der Waals surface area (Å²) in [5, 5.41) is 0. The van der Waals surface area contributed by atoms with E-state index in [9.17, 15) is 14.4 Å². The normalized spacial score (nSPS) is 20.3. The lowest BCUT2D eigenvalue weighted by Crippen LogP contribution is -2.41. The average molecular weight is 286 g/mol. The molecule has 112 valence electrons. The van der Waals surface area contributed by atoms with Gasteiger partial charge in [0.15, 0.2) is 0 Å². The van der Waals surface area contributed by atoms with E-state index in [-0.39, 0.29) is 35.1 Å². The highest BCUT2D eigenvalue weighted by Crippen LogP contribution is 2.40. The predicted molar refractivity (Wildman–Crippen MR) is 81.0 cm³/mol. The molecule has 0 aromatic heterocycles. The molecule has 1 fully saturated rings. The highest BCUT2D eigenvalue weighted by Gasteiger charge is 2.43. The van der Waals surface area contributed by atoms with Crippen molar-refractivity contribution in [1.82, 2.24) is 0 Å². The molecule has 0 unspecified atom stereocenters. The second-order valence-corrected chi connectivity index (χ2v) is 6.85. The van der Waals surface area contributed by atoms with E-state index in [1.807, 2.05) is 44.2 Å². The Morgan fingerprint density at radius 2 is 1.67 bits per heavy atom. The lowest BCUT2D eigenvalue weighted by atomic mass is 9.66. The Bertz CT molecular complexity index is 537. The summed E-state index contributed by atoms with van der Waals surface area (Å²) in [7, 11) is 0. The molecule has 0 heterocycles.